The minimum absolute atomic E-state index is 0.183. The molecule has 0 aliphatic heterocycles. The Hall–Kier alpha value is -1.03. The fraction of sp³-hybridized carbons (Fsp3) is 0.500. The number of aromatic amines is 1. The van der Waals surface area contributed by atoms with Gasteiger partial charge in [0.15, 0.2) is 0 Å². The quantitative estimate of drug-likeness (QED) is 0.723. The third-order valence-corrected chi connectivity index (χ3v) is 1.84. The number of H-pyrrole nitrogens is 1. The third kappa shape index (κ3) is 2.45. The van der Waals surface area contributed by atoms with Gasteiger partial charge in [0, 0.05) is 12.6 Å². The Labute approximate surface area is 80.2 Å². The van der Waals surface area contributed by atoms with Gasteiger partial charge in [0.1, 0.15) is 5.15 Å². The van der Waals surface area contributed by atoms with Gasteiger partial charge in [0.2, 0.25) is 0 Å². The van der Waals surface area contributed by atoms with Gasteiger partial charge < -0.3 is 0 Å². The fourth-order valence-corrected chi connectivity index (χ4v) is 1.27. The summed E-state index contributed by atoms with van der Waals surface area (Å²) >= 11 is 5.72. The zero-order valence-electron chi connectivity index (χ0n) is 7.50. The van der Waals surface area contributed by atoms with Crippen LogP contribution in [-0.4, -0.2) is 9.55 Å². The van der Waals surface area contributed by atoms with Crippen LogP contribution in [0.25, 0.3) is 0 Å². The molecule has 4 nitrogen and oxygen atoms in total. The smallest absolute Gasteiger partial charge is 0.284 e. The summed E-state index contributed by atoms with van der Waals surface area (Å²) in [4.78, 5) is 24.2. The number of halogens is 1. The molecular weight excluding hydrogens is 192 g/mol. The van der Waals surface area contributed by atoms with Gasteiger partial charge in [-0.25, -0.2) is 4.79 Å². The van der Waals surface area contributed by atoms with Gasteiger partial charge in [-0.15, -0.1) is 0 Å². The second kappa shape index (κ2) is 3.79. The second-order valence-corrected chi connectivity index (χ2v) is 3.65. The predicted molar refractivity (Wildman–Crippen MR) is 51.2 cm³/mol. The van der Waals surface area contributed by atoms with Crippen molar-refractivity contribution in [2.45, 2.75) is 20.4 Å². The molecule has 0 amide bonds. The van der Waals surface area contributed by atoms with Crippen LogP contribution in [0.1, 0.15) is 13.8 Å². The predicted octanol–water partition coefficient (Wildman–Crippen LogP) is 0.846. The Balaban J connectivity index is 3.22. The van der Waals surface area contributed by atoms with E-state index < -0.39 is 11.2 Å². The van der Waals surface area contributed by atoms with Crippen molar-refractivity contribution in [3.8, 4) is 0 Å². The van der Waals surface area contributed by atoms with Gasteiger partial charge in [-0.3, -0.25) is 14.3 Å². The highest BCUT2D eigenvalue weighted by molar-refractivity contribution is 6.29. The maximum absolute atomic E-state index is 11.2. The number of nitrogens with one attached hydrogen (secondary N) is 1. The van der Waals surface area contributed by atoms with E-state index in [-0.39, 0.29) is 5.15 Å². The first-order valence-corrected chi connectivity index (χ1v) is 4.38. The summed E-state index contributed by atoms with van der Waals surface area (Å²) < 4.78 is 1.34. The van der Waals surface area contributed by atoms with Crippen molar-refractivity contribution in [3.63, 3.8) is 0 Å². The Morgan fingerprint density at radius 1 is 1.54 bits per heavy atom. The molecule has 0 atom stereocenters. The molecule has 1 aromatic heterocycles. The average Bonchev–Trinajstić information content (AvgIpc) is 1.96. The van der Waals surface area contributed by atoms with Crippen LogP contribution in [0.15, 0.2) is 15.7 Å². The highest BCUT2D eigenvalue weighted by Gasteiger charge is 2.04. The monoisotopic (exact) mass is 202 g/mol. The largest absolute Gasteiger partial charge is 0.329 e. The molecule has 72 valence electrons. The Morgan fingerprint density at radius 2 is 2.15 bits per heavy atom. The van der Waals surface area contributed by atoms with Crippen molar-refractivity contribution in [2.75, 3.05) is 0 Å². The first kappa shape index (κ1) is 10.1. The molecule has 0 aliphatic rings. The summed E-state index contributed by atoms with van der Waals surface area (Å²) in [6.07, 6.45) is 0. The van der Waals surface area contributed by atoms with Crippen molar-refractivity contribution >= 4 is 11.6 Å². The summed E-state index contributed by atoms with van der Waals surface area (Å²) in [6, 6.07) is 1.20. The first-order chi connectivity index (χ1) is 6.00. The lowest BCUT2D eigenvalue weighted by Crippen LogP contribution is -2.31. The van der Waals surface area contributed by atoms with Crippen LogP contribution < -0.4 is 11.2 Å². The summed E-state index contributed by atoms with van der Waals surface area (Å²) in [5, 5.41) is 0.183. The maximum Gasteiger partial charge on any atom is 0.329 e. The topological polar surface area (TPSA) is 54.9 Å². The van der Waals surface area contributed by atoms with E-state index in [2.05, 4.69) is 4.98 Å². The minimum atomic E-state index is -0.463. The number of rotatable bonds is 2. The van der Waals surface area contributed by atoms with Crippen LogP contribution in [0.2, 0.25) is 5.15 Å². The first-order valence-electron chi connectivity index (χ1n) is 4.00. The summed E-state index contributed by atoms with van der Waals surface area (Å²) in [6.45, 7) is 4.44. The van der Waals surface area contributed by atoms with Crippen LogP contribution in [-0.2, 0) is 6.54 Å². The summed E-state index contributed by atoms with van der Waals surface area (Å²) in [5.74, 6) is 0.307. The van der Waals surface area contributed by atoms with Crippen molar-refractivity contribution < 1.29 is 0 Å². The molecule has 0 aliphatic carbocycles. The highest BCUT2D eigenvalue weighted by Crippen LogP contribution is 2.04. The van der Waals surface area contributed by atoms with Crippen LogP contribution in [0, 0.1) is 5.92 Å². The molecule has 0 bridgehead atoms. The van der Waals surface area contributed by atoms with Gasteiger partial charge in [0.05, 0.1) is 0 Å². The normalized spacial score (nSPS) is 10.8. The van der Waals surface area contributed by atoms with E-state index in [1.807, 2.05) is 13.8 Å². The van der Waals surface area contributed by atoms with Crippen molar-refractivity contribution in [3.05, 3.63) is 32.1 Å². The van der Waals surface area contributed by atoms with Crippen LogP contribution in [0.3, 0.4) is 0 Å². The maximum atomic E-state index is 11.2. The standard InChI is InChI=1S/C8H11ClN2O2/c1-5(2)4-11-6(9)3-7(12)10-8(11)13/h3,5H,4H2,1-2H3,(H,10,12,13). The zero-order chi connectivity index (χ0) is 10.0. The number of hydrogen-bond donors (Lipinski definition) is 1. The molecule has 0 radical (unpaired) electrons. The number of hydrogen-bond acceptors (Lipinski definition) is 2. The molecule has 0 saturated heterocycles. The van der Waals surface area contributed by atoms with Gasteiger partial charge in [0.25, 0.3) is 5.56 Å². The van der Waals surface area contributed by atoms with E-state index in [4.69, 9.17) is 11.6 Å². The van der Waals surface area contributed by atoms with Crippen LogP contribution >= 0.6 is 11.6 Å². The molecule has 0 spiro atoms. The van der Waals surface area contributed by atoms with E-state index in [1.165, 1.54) is 10.6 Å². The summed E-state index contributed by atoms with van der Waals surface area (Å²) in [7, 11) is 0. The molecular formula is C8H11ClN2O2. The number of nitrogens with zero attached hydrogens (tertiary/aromatic N) is 1. The fourth-order valence-electron chi connectivity index (χ4n) is 1.03. The Kier molecular flexibility index (Phi) is 2.93. The molecule has 1 heterocycles. The molecule has 1 aromatic rings. The van der Waals surface area contributed by atoms with E-state index >= 15 is 0 Å². The van der Waals surface area contributed by atoms with Gasteiger partial charge in [-0.2, -0.15) is 0 Å². The van der Waals surface area contributed by atoms with Gasteiger partial charge in [-0.05, 0) is 5.92 Å². The lowest BCUT2D eigenvalue weighted by molar-refractivity contribution is 0.502. The SMILES string of the molecule is CC(C)Cn1c(Cl)cc(=O)[nH]c1=O. The lowest BCUT2D eigenvalue weighted by Gasteiger charge is -2.08. The molecule has 0 fully saturated rings. The van der Waals surface area contributed by atoms with Crippen molar-refractivity contribution in [2.24, 2.45) is 5.92 Å². The zero-order valence-corrected chi connectivity index (χ0v) is 8.26. The van der Waals surface area contributed by atoms with Crippen LogP contribution in [0.5, 0.6) is 0 Å². The van der Waals surface area contributed by atoms with E-state index in [9.17, 15) is 9.59 Å². The number of aromatic nitrogens is 2. The van der Waals surface area contributed by atoms with Gasteiger partial charge in [-0.1, -0.05) is 25.4 Å². The molecule has 0 saturated carbocycles. The van der Waals surface area contributed by atoms with Gasteiger partial charge >= 0.3 is 5.69 Å². The van der Waals surface area contributed by atoms with Crippen LogP contribution in [0.4, 0.5) is 0 Å². The molecule has 0 aromatic carbocycles. The molecule has 1 N–H and O–H groups in total. The minimum Gasteiger partial charge on any atom is -0.284 e. The van der Waals surface area contributed by atoms with Crippen molar-refractivity contribution in [1.82, 2.24) is 9.55 Å². The van der Waals surface area contributed by atoms with Crippen molar-refractivity contribution in [1.29, 1.82) is 0 Å². The Bertz CT molecular complexity index is 405. The molecule has 0 unspecified atom stereocenters. The molecule has 1 rings (SSSR count). The molecule has 5 heteroatoms. The highest BCUT2D eigenvalue weighted by atomic mass is 35.5. The van der Waals surface area contributed by atoms with E-state index in [0.717, 1.165) is 0 Å². The lowest BCUT2D eigenvalue weighted by atomic mass is 10.2. The Morgan fingerprint density at radius 3 is 2.62 bits per heavy atom. The van der Waals surface area contributed by atoms with E-state index in [1.54, 1.807) is 0 Å². The molecule has 13 heavy (non-hydrogen) atoms. The summed E-state index contributed by atoms with van der Waals surface area (Å²) in [5.41, 5.74) is -0.916. The van der Waals surface area contributed by atoms with E-state index in [0.29, 0.717) is 12.5 Å². The third-order valence-electron chi connectivity index (χ3n) is 1.53. The second-order valence-electron chi connectivity index (χ2n) is 3.27. The average molecular weight is 203 g/mol.